The number of amides is 1. The Labute approximate surface area is 139 Å². The van der Waals surface area contributed by atoms with Crippen molar-refractivity contribution in [3.05, 3.63) is 70.5 Å². The van der Waals surface area contributed by atoms with E-state index in [0.29, 0.717) is 17.4 Å². The molecule has 0 N–H and O–H groups in total. The second-order valence-corrected chi connectivity index (χ2v) is 5.71. The number of hydrogen-bond acceptors (Lipinski definition) is 4. The Bertz CT molecular complexity index is 921. The number of carbonyl (C=O) groups excluding carboxylic acids is 1. The maximum absolute atomic E-state index is 12.6. The molecule has 6 nitrogen and oxygen atoms in total. The SMILES string of the molecule is C[C@@H](C(=O)N(C)Cc1ccccc1)n1nnc2ccccc2c1=O. The molecule has 0 fully saturated rings. The summed E-state index contributed by atoms with van der Waals surface area (Å²) in [6.45, 7) is 2.13. The highest BCUT2D eigenvalue weighted by Gasteiger charge is 2.22. The largest absolute Gasteiger partial charge is 0.340 e. The number of benzene rings is 2. The Morgan fingerprint density at radius 1 is 1.12 bits per heavy atom. The van der Waals surface area contributed by atoms with Gasteiger partial charge in [0.15, 0.2) is 0 Å². The van der Waals surface area contributed by atoms with Gasteiger partial charge in [-0.3, -0.25) is 9.59 Å². The highest BCUT2D eigenvalue weighted by molar-refractivity contribution is 5.81. The minimum atomic E-state index is -0.719. The van der Waals surface area contributed by atoms with Crippen LogP contribution in [0.4, 0.5) is 0 Å². The van der Waals surface area contributed by atoms with Crippen molar-refractivity contribution >= 4 is 16.8 Å². The van der Waals surface area contributed by atoms with E-state index in [4.69, 9.17) is 0 Å². The summed E-state index contributed by atoms with van der Waals surface area (Å²) in [6, 6.07) is 15.9. The molecule has 122 valence electrons. The number of carbonyl (C=O) groups is 1. The second-order valence-electron chi connectivity index (χ2n) is 5.71. The van der Waals surface area contributed by atoms with Crippen molar-refractivity contribution < 1.29 is 4.79 Å². The Morgan fingerprint density at radius 3 is 2.54 bits per heavy atom. The van der Waals surface area contributed by atoms with Crippen LogP contribution in [0.5, 0.6) is 0 Å². The number of hydrogen-bond donors (Lipinski definition) is 0. The molecule has 6 heteroatoms. The molecule has 0 unspecified atom stereocenters. The van der Waals surface area contributed by atoms with E-state index in [1.54, 1.807) is 43.1 Å². The number of likely N-dealkylation sites (N-methyl/N-ethyl adjacent to an activating group) is 1. The molecule has 1 atom stereocenters. The third-order valence-electron chi connectivity index (χ3n) is 3.95. The van der Waals surface area contributed by atoms with Gasteiger partial charge in [-0.2, -0.15) is 4.68 Å². The summed E-state index contributed by atoms with van der Waals surface area (Å²) >= 11 is 0. The van der Waals surface area contributed by atoms with Gasteiger partial charge in [-0.05, 0) is 24.6 Å². The van der Waals surface area contributed by atoms with E-state index in [1.807, 2.05) is 30.3 Å². The molecule has 2 aromatic carbocycles. The van der Waals surface area contributed by atoms with E-state index in [-0.39, 0.29) is 11.5 Å². The van der Waals surface area contributed by atoms with Crippen LogP contribution in [0.15, 0.2) is 59.4 Å². The standard InChI is InChI=1S/C18H18N4O2/c1-13(17(23)21(2)12-14-8-4-3-5-9-14)22-18(24)15-10-6-7-11-16(15)19-20-22/h3-11,13H,12H2,1-2H3/t13-/m0/s1. The molecule has 1 amide bonds. The number of fused-ring (bicyclic) bond motifs is 1. The van der Waals surface area contributed by atoms with Crippen molar-refractivity contribution in [2.75, 3.05) is 7.05 Å². The lowest BCUT2D eigenvalue weighted by molar-refractivity contribution is -0.133. The Hall–Kier alpha value is -3.02. The summed E-state index contributed by atoms with van der Waals surface area (Å²) in [5, 5.41) is 8.41. The molecular formula is C18H18N4O2. The van der Waals surface area contributed by atoms with Gasteiger partial charge in [0.2, 0.25) is 5.91 Å². The van der Waals surface area contributed by atoms with Gasteiger partial charge in [-0.25, -0.2) is 0 Å². The van der Waals surface area contributed by atoms with Crippen molar-refractivity contribution in [1.29, 1.82) is 0 Å². The summed E-state index contributed by atoms with van der Waals surface area (Å²) in [6.07, 6.45) is 0. The van der Waals surface area contributed by atoms with Gasteiger partial charge in [0, 0.05) is 13.6 Å². The zero-order valence-electron chi connectivity index (χ0n) is 13.6. The fourth-order valence-corrected chi connectivity index (χ4v) is 2.61. The van der Waals surface area contributed by atoms with Crippen LogP contribution in [0.2, 0.25) is 0 Å². The predicted octanol–water partition coefficient (Wildman–Crippen LogP) is 2.01. The van der Waals surface area contributed by atoms with Crippen molar-refractivity contribution in [3.8, 4) is 0 Å². The first-order valence-electron chi connectivity index (χ1n) is 7.71. The minimum Gasteiger partial charge on any atom is -0.340 e. The fraction of sp³-hybridized carbons (Fsp3) is 0.222. The third kappa shape index (κ3) is 3.03. The zero-order chi connectivity index (χ0) is 17.1. The van der Waals surface area contributed by atoms with Gasteiger partial charge < -0.3 is 4.90 Å². The predicted molar refractivity (Wildman–Crippen MR) is 91.4 cm³/mol. The smallest absolute Gasteiger partial charge is 0.278 e. The third-order valence-corrected chi connectivity index (χ3v) is 3.95. The van der Waals surface area contributed by atoms with Crippen molar-refractivity contribution in [2.24, 2.45) is 0 Å². The summed E-state index contributed by atoms with van der Waals surface area (Å²) in [7, 11) is 1.71. The fourth-order valence-electron chi connectivity index (χ4n) is 2.61. The average molecular weight is 322 g/mol. The Morgan fingerprint density at radius 2 is 1.79 bits per heavy atom. The van der Waals surface area contributed by atoms with Crippen LogP contribution in [0.1, 0.15) is 18.5 Å². The summed E-state index contributed by atoms with van der Waals surface area (Å²) < 4.78 is 1.14. The zero-order valence-corrected chi connectivity index (χ0v) is 13.6. The molecular weight excluding hydrogens is 304 g/mol. The summed E-state index contributed by atoms with van der Waals surface area (Å²) in [5.41, 5.74) is 1.24. The first kappa shape index (κ1) is 15.9. The summed E-state index contributed by atoms with van der Waals surface area (Å²) in [5.74, 6) is -0.189. The molecule has 0 aliphatic carbocycles. The van der Waals surface area contributed by atoms with E-state index in [1.165, 1.54) is 0 Å². The molecule has 1 aromatic heterocycles. The number of rotatable bonds is 4. The van der Waals surface area contributed by atoms with Gasteiger partial charge in [0.05, 0.1) is 5.39 Å². The lowest BCUT2D eigenvalue weighted by Gasteiger charge is -2.21. The molecule has 0 saturated carbocycles. The van der Waals surface area contributed by atoms with Crippen molar-refractivity contribution in [2.45, 2.75) is 19.5 Å². The molecule has 0 bridgehead atoms. The number of nitrogens with zero attached hydrogens (tertiary/aromatic N) is 4. The van der Waals surface area contributed by atoms with Gasteiger partial charge >= 0.3 is 0 Å². The average Bonchev–Trinajstić information content (AvgIpc) is 2.62. The molecule has 0 aliphatic heterocycles. The van der Waals surface area contributed by atoms with Crippen LogP contribution in [0.25, 0.3) is 10.9 Å². The van der Waals surface area contributed by atoms with E-state index in [0.717, 1.165) is 10.2 Å². The Kier molecular flexibility index (Phi) is 4.37. The van der Waals surface area contributed by atoms with Gasteiger partial charge in [-0.1, -0.05) is 47.7 Å². The molecule has 24 heavy (non-hydrogen) atoms. The summed E-state index contributed by atoms with van der Waals surface area (Å²) in [4.78, 5) is 26.8. The highest BCUT2D eigenvalue weighted by atomic mass is 16.2. The van der Waals surface area contributed by atoms with Gasteiger partial charge in [0.1, 0.15) is 11.6 Å². The van der Waals surface area contributed by atoms with Crippen molar-refractivity contribution in [1.82, 2.24) is 19.9 Å². The maximum atomic E-state index is 12.6. The van der Waals surface area contributed by atoms with Crippen LogP contribution in [-0.4, -0.2) is 32.8 Å². The first-order chi connectivity index (χ1) is 11.6. The van der Waals surface area contributed by atoms with Crippen LogP contribution in [0, 0.1) is 0 Å². The monoisotopic (exact) mass is 322 g/mol. The van der Waals surface area contributed by atoms with E-state index < -0.39 is 6.04 Å². The van der Waals surface area contributed by atoms with Crippen LogP contribution in [-0.2, 0) is 11.3 Å². The first-order valence-corrected chi connectivity index (χ1v) is 7.71. The highest BCUT2D eigenvalue weighted by Crippen LogP contribution is 2.11. The number of aromatic nitrogens is 3. The van der Waals surface area contributed by atoms with Crippen LogP contribution in [0.3, 0.4) is 0 Å². The molecule has 0 saturated heterocycles. The molecule has 3 rings (SSSR count). The van der Waals surface area contributed by atoms with Crippen molar-refractivity contribution in [3.63, 3.8) is 0 Å². The lowest BCUT2D eigenvalue weighted by Crippen LogP contribution is -2.38. The molecule has 3 aromatic rings. The molecule has 0 spiro atoms. The van der Waals surface area contributed by atoms with Crippen LogP contribution >= 0.6 is 0 Å². The van der Waals surface area contributed by atoms with Crippen LogP contribution < -0.4 is 5.56 Å². The topological polar surface area (TPSA) is 68.1 Å². The quantitative estimate of drug-likeness (QED) is 0.737. The minimum absolute atomic E-state index is 0.189. The normalized spacial score (nSPS) is 12.1. The van der Waals surface area contributed by atoms with E-state index >= 15 is 0 Å². The molecule has 1 heterocycles. The Balaban J connectivity index is 1.85. The second kappa shape index (κ2) is 6.62. The van der Waals surface area contributed by atoms with E-state index in [9.17, 15) is 9.59 Å². The molecule has 0 radical (unpaired) electrons. The van der Waals surface area contributed by atoms with E-state index in [2.05, 4.69) is 10.3 Å². The van der Waals surface area contributed by atoms with Gasteiger partial charge in [-0.15, -0.1) is 5.10 Å². The molecule has 0 aliphatic rings. The lowest BCUT2D eigenvalue weighted by atomic mass is 10.2. The maximum Gasteiger partial charge on any atom is 0.278 e. The van der Waals surface area contributed by atoms with Gasteiger partial charge in [0.25, 0.3) is 5.56 Å².